The minimum atomic E-state index is 0.316. The molecule has 2 aliphatic heterocycles. The molecule has 5 heteroatoms. The number of fused-ring (bicyclic) bond motifs is 1. The SMILES string of the molecule is c1cc(CCCN2CCOCC2)n(-c2ccc3c(c2)OCO3)c1. The third-order valence-corrected chi connectivity index (χ3v) is 4.48. The minimum absolute atomic E-state index is 0.316. The van der Waals surface area contributed by atoms with Gasteiger partial charge in [-0.1, -0.05) is 0 Å². The summed E-state index contributed by atoms with van der Waals surface area (Å²) in [5.74, 6) is 1.66. The lowest BCUT2D eigenvalue weighted by Gasteiger charge is -2.26. The van der Waals surface area contributed by atoms with Crippen LogP contribution < -0.4 is 9.47 Å². The van der Waals surface area contributed by atoms with Crippen molar-refractivity contribution in [3.8, 4) is 17.2 Å². The van der Waals surface area contributed by atoms with Crippen LogP contribution in [-0.2, 0) is 11.2 Å². The number of benzene rings is 1. The van der Waals surface area contributed by atoms with Crippen molar-refractivity contribution in [3.05, 3.63) is 42.2 Å². The number of aryl methyl sites for hydroxylation is 1. The highest BCUT2D eigenvalue weighted by atomic mass is 16.7. The number of nitrogens with zero attached hydrogens (tertiary/aromatic N) is 2. The van der Waals surface area contributed by atoms with Gasteiger partial charge in [0, 0.05) is 36.7 Å². The van der Waals surface area contributed by atoms with E-state index >= 15 is 0 Å². The van der Waals surface area contributed by atoms with Crippen LogP contribution in [0.3, 0.4) is 0 Å². The van der Waals surface area contributed by atoms with Gasteiger partial charge in [0.05, 0.1) is 13.2 Å². The summed E-state index contributed by atoms with van der Waals surface area (Å²) in [6.07, 6.45) is 4.34. The van der Waals surface area contributed by atoms with E-state index in [-0.39, 0.29) is 0 Å². The predicted octanol–water partition coefficient (Wildman–Crippen LogP) is 2.47. The molecule has 1 saturated heterocycles. The smallest absolute Gasteiger partial charge is 0.231 e. The molecule has 0 aliphatic carbocycles. The number of morpholine rings is 1. The van der Waals surface area contributed by atoms with E-state index in [0.717, 1.165) is 62.9 Å². The first-order valence-corrected chi connectivity index (χ1v) is 8.26. The van der Waals surface area contributed by atoms with Gasteiger partial charge < -0.3 is 18.8 Å². The van der Waals surface area contributed by atoms with Crippen LogP contribution in [0.1, 0.15) is 12.1 Å². The normalized spacial score (nSPS) is 17.6. The van der Waals surface area contributed by atoms with Gasteiger partial charge in [-0.2, -0.15) is 0 Å². The molecule has 3 heterocycles. The molecule has 0 atom stereocenters. The zero-order valence-corrected chi connectivity index (χ0v) is 13.2. The highest BCUT2D eigenvalue weighted by molar-refractivity contribution is 5.50. The largest absolute Gasteiger partial charge is 0.454 e. The molecule has 0 N–H and O–H groups in total. The van der Waals surface area contributed by atoms with Gasteiger partial charge in [0.15, 0.2) is 11.5 Å². The number of hydrogen-bond acceptors (Lipinski definition) is 4. The number of aromatic nitrogens is 1. The summed E-state index contributed by atoms with van der Waals surface area (Å²) in [6, 6.07) is 10.4. The van der Waals surface area contributed by atoms with Crippen LogP contribution in [0.2, 0.25) is 0 Å². The van der Waals surface area contributed by atoms with Crippen molar-refractivity contribution in [2.24, 2.45) is 0 Å². The summed E-state index contributed by atoms with van der Waals surface area (Å²) < 4.78 is 18.5. The molecule has 0 saturated carbocycles. The van der Waals surface area contributed by atoms with Crippen LogP contribution in [0.25, 0.3) is 5.69 Å². The lowest BCUT2D eigenvalue weighted by molar-refractivity contribution is 0.0374. The second-order valence-corrected chi connectivity index (χ2v) is 5.96. The van der Waals surface area contributed by atoms with Crippen LogP contribution >= 0.6 is 0 Å². The van der Waals surface area contributed by atoms with Crippen molar-refractivity contribution in [2.45, 2.75) is 12.8 Å². The third kappa shape index (κ3) is 3.21. The second-order valence-electron chi connectivity index (χ2n) is 5.96. The standard InChI is InChI=1S/C18H22N2O3/c1(7-19-9-11-21-12-10-19)3-15-4-2-8-20(15)16-5-6-17-18(13-16)23-14-22-17/h2,4-6,8,13H,1,3,7,9-12,14H2. The van der Waals surface area contributed by atoms with Gasteiger partial charge in [0.2, 0.25) is 6.79 Å². The second kappa shape index (κ2) is 6.64. The summed E-state index contributed by atoms with van der Waals surface area (Å²) in [4.78, 5) is 2.48. The maximum atomic E-state index is 5.48. The molecule has 2 aliphatic rings. The van der Waals surface area contributed by atoms with Gasteiger partial charge in [-0.25, -0.2) is 0 Å². The van der Waals surface area contributed by atoms with E-state index in [1.165, 1.54) is 5.69 Å². The fourth-order valence-corrected chi connectivity index (χ4v) is 3.22. The van der Waals surface area contributed by atoms with Crippen LogP contribution in [0, 0.1) is 0 Å². The van der Waals surface area contributed by atoms with Crippen molar-refractivity contribution in [2.75, 3.05) is 39.6 Å². The molecule has 0 spiro atoms. The molecule has 0 unspecified atom stereocenters. The Kier molecular flexibility index (Phi) is 4.22. The van der Waals surface area contributed by atoms with E-state index < -0.39 is 0 Å². The van der Waals surface area contributed by atoms with Gasteiger partial charge in [0.1, 0.15) is 0 Å². The van der Waals surface area contributed by atoms with Crippen molar-refractivity contribution in [1.29, 1.82) is 0 Å². The fraction of sp³-hybridized carbons (Fsp3) is 0.444. The highest BCUT2D eigenvalue weighted by Crippen LogP contribution is 2.34. The Hall–Kier alpha value is -1.98. The third-order valence-electron chi connectivity index (χ3n) is 4.48. The first-order valence-electron chi connectivity index (χ1n) is 8.26. The molecule has 23 heavy (non-hydrogen) atoms. The number of hydrogen-bond donors (Lipinski definition) is 0. The quantitative estimate of drug-likeness (QED) is 0.849. The van der Waals surface area contributed by atoms with Crippen molar-refractivity contribution < 1.29 is 14.2 Å². The first-order chi connectivity index (χ1) is 11.4. The predicted molar refractivity (Wildman–Crippen MR) is 87.5 cm³/mol. The topological polar surface area (TPSA) is 35.9 Å². The number of rotatable bonds is 5. The van der Waals surface area contributed by atoms with Crippen LogP contribution in [0.4, 0.5) is 0 Å². The summed E-state index contributed by atoms with van der Waals surface area (Å²) in [5, 5.41) is 0. The van der Waals surface area contributed by atoms with E-state index in [2.05, 4.69) is 33.9 Å². The Morgan fingerprint density at radius 1 is 1.00 bits per heavy atom. The Morgan fingerprint density at radius 2 is 1.87 bits per heavy atom. The molecule has 1 aromatic heterocycles. The van der Waals surface area contributed by atoms with Crippen LogP contribution in [0.5, 0.6) is 11.5 Å². The number of ether oxygens (including phenoxy) is 3. The Balaban J connectivity index is 1.41. The van der Waals surface area contributed by atoms with Gasteiger partial charge in [-0.15, -0.1) is 0 Å². The molecule has 1 aromatic carbocycles. The molecule has 1 fully saturated rings. The van der Waals surface area contributed by atoms with E-state index in [0.29, 0.717) is 6.79 Å². The molecule has 2 aromatic rings. The summed E-state index contributed by atoms with van der Waals surface area (Å²) in [5.41, 5.74) is 2.46. The molecule has 4 rings (SSSR count). The van der Waals surface area contributed by atoms with E-state index in [9.17, 15) is 0 Å². The maximum Gasteiger partial charge on any atom is 0.231 e. The minimum Gasteiger partial charge on any atom is -0.454 e. The monoisotopic (exact) mass is 314 g/mol. The van der Waals surface area contributed by atoms with E-state index in [1.807, 2.05) is 12.1 Å². The van der Waals surface area contributed by atoms with Crippen molar-refractivity contribution >= 4 is 0 Å². The van der Waals surface area contributed by atoms with Crippen LogP contribution in [0.15, 0.2) is 36.5 Å². The highest BCUT2D eigenvalue weighted by Gasteiger charge is 2.15. The van der Waals surface area contributed by atoms with Gasteiger partial charge in [0.25, 0.3) is 0 Å². The lowest BCUT2D eigenvalue weighted by atomic mass is 10.2. The zero-order chi connectivity index (χ0) is 15.5. The zero-order valence-electron chi connectivity index (χ0n) is 13.2. The summed E-state index contributed by atoms with van der Waals surface area (Å²) >= 11 is 0. The Morgan fingerprint density at radius 3 is 2.78 bits per heavy atom. The molecule has 0 bridgehead atoms. The van der Waals surface area contributed by atoms with Crippen molar-refractivity contribution in [1.82, 2.24) is 9.47 Å². The molecular weight excluding hydrogens is 292 g/mol. The molecular formula is C18H22N2O3. The molecule has 5 nitrogen and oxygen atoms in total. The average Bonchev–Trinajstić information content (AvgIpc) is 3.24. The maximum absolute atomic E-state index is 5.48. The Labute approximate surface area is 136 Å². The summed E-state index contributed by atoms with van der Waals surface area (Å²) in [6.45, 7) is 5.31. The first kappa shape index (κ1) is 14.6. The summed E-state index contributed by atoms with van der Waals surface area (Å²) in [7, 11) is 0. The molecule has 122 valence electrons. The van der Waals surface area contributed by atoms with E-state index in [1.54, 1.807) is 0 Å². The van der Waals surface area contributed by atoms with Crippen LogP contribution in [-0.4, -0.2) is 49.1 Å². The van der Waals surface area contributed by atoms with Gasteiger partial charge >= 0.3 is 0 Å². The Bertz CT molecular complexity index is 662. The van der Waals surface area contributed by atoms with Gasteiger partial charge in [-0.05, 0) is 43.7 Å². The molecule has 0 radical (unpaired) electrons. The fourth-order valence-electron chi connectivity index (χ4n) is 3.22. The average molecular weight is 314 g/mol. The van der Waals surface area contributed by atoms with Gasteiger partial charge in [-0.3, -0.25) is 4.90 Å². The van der Waals surface area contributed by atoms with E-state index in [4.69, 9.17) is 14.2 Å². The molecule has 0 amide bonds. The van der Waals surface area contributed by atoms with Crippen molar-refractivity contribution in [3.63, 3.8) is 0 Å². The lowest BCUT2D eigenvalue weighted by Crippen LogP contribution is -2.37.